The van der Waals surface area contributed by atoms with Gasteiger partial charge < -0.3 is 9.47 Å². The van der Waals surface area contributed by atoms with Gasteiger partial charge in [0.2, 0.25) is 0 Å². The fourth-order valence-electron chi connectivity index (χ4n) is 2.62. The smallest absolute Gasteiger partial charge is 0.289 e. The van der Waals surface area contributed by atoms with E-state index < -0.39 is 0 Å². The summed E-state index contributed by atoms with van der Waals surface area (Å²) in [5.74, 6) is 1.14. The molecule has 0 aliphatic rings. The molecule has 3 rings (SSSR count). The van der Waals surface area contributed by atoms with Crippen LogP contribution in [0.15, 0.2) is 59.7 Å². The molecule has 1 amide bonds. The predicted molar refractivity (Wildman–Crippen MR) is 112 cm³/mol. The van der Waals surface area contributed by atoms with E-state index in [1.54, 1.807) is 12.3 Å². The molecule has 0 spiro atoms. The Labute approximate surface area is 169 Å². The summed E-state index contributed by atoms with van der Waals surface area (Å²) in [6.45, 7) is 5.21. The van der Waals surface area contributed by atoms with Gasteiger partial charge in [0.15, 0.2) is 0 Å². The number of amides is 1. The Kier molecular flexibility index (Phi) is 7.00. The van der Waals surface area contributed by atoms with Crippen molar-refractivity contribution >= 4 is 12.1 Å². The van der Waals surface area contributed by atoms with Gasteiger partial charge in [0, 0.05) is 11.1 Å². The standard InChI is InChI=1S/C22H24N4O3/c1-3-13-29-18-11-9-16(10-12-18)19-14-20(25-24-19)22(27)26-23-15-17-7-5-6-8-21(17)28-4-2/h5-12,14-15H,3-4,13H2,1-2H3,(H,24,25)(H,26,27)/b23-15-. The molecule has 0 bridgehead atoms. The molecular weight excluding hydrogens is 368 g/mol. The second-order valence-electron chi connectivity index (χ2n) is 6.21. The molecule has 0 radical (unpaired) electrons. The van der Waals surface area contributed by atoms with Crippen molar-refractivity contribution in [2.45, 2.75) is 20.3 Å². The maximum Gasteiger partial charge on any atom is 0.289 e. The van der Waals surface area contributed by atoms with Gasteiger partial charge in [0.05, 0.1) is 25.1 Å². The van der Waals surface area contributed by atoms with E-state index in [0.29, 0.717) is 30.4 Å². The highest BCUT2D eigenvalue weighted by Gasteiger charge is 2.10. The Morgan fingerprint density at radius 3 is 2.69 bits per heavy atom. The number of carbonyl (C=O) groups excluding carboxylic acids is 1. The van der Waals surface area contributed by atoms with Crippen LogP contribution in [-0.4, -0.2) is 35.5 Å². The number of aromatic nitrogens is 2. The normalized spacial score (nSPS) is 10.8. The summed E-state index contributed by atoms with van der Waals surface area (Å²) < 4.78 is 11.1. The van der Waals surface area contributed by atoms with Crippen LogP contribution in [0, 0.1) is 0 Å². The fourth-order valence-corrected chi connectivity index (χ4v) is 2.62. The summed E-state index contributed by atoms with van der Waals surface area (Å²) in [7, 11) is 0. The average Bonchev–Trinajstić information content (AvgIpc) is 3.24. The zero-order chi connectivity index (χ0) is 20.5. The third-order valence-corrected chi connectivity index (χ3v) is 4.03. The molecule has 150 valence electrons. The first-order valence-electron chi connectivity index (χ1n) is 9.55. The van der Waals surface area contributed by atoms with Crippen LogP contribution in [0.1, 0.15) is 36.3 Å². The van der Waals surface area contributed by atoms with Crippen molar-refractivity contribution in [2.24, 2.45) is 5.10 Å². The minimum Gasteiger partial charge on any atom is -0.494 e. The van der Waals surface area contributed by atoms with E-state index in [1.807, 2.05) is 55.5 Å². The van der Waals surface area contributed by atoms with Crippen molar-refractivity contribution in [1.29, 1.82) is 0 Å². The van der Waals surface area contributed by atoms with Gasteiger partial charge in [-0.1, -0.05) is 19.1 Å². The Bertz CT molecular complexity index is 964. The first-order chi connectivity index (χ1) is 14.2. The minimum absolute atomic E-state index is 0.321. The lowest BCUT2D eigenvalue weighted by atomic mass is 10.1. The summed E-state index contributed by atoms with van der Waals surface area (Å²) in [6, 6.07) is 16.8. The van der Waals surface area contributed by atoms with Crippen molar-refractivity contribution in [1.82, 2.24) is 15.6 Å². The molecular formula is C22H24N4O3. The lowest BCUT2D eigenvalue weighted by molar-refractivity contribution is 0.0950. The Hall–Kier alpha value is -3.61. The number of carbonyl (C=O) groups is 1. The van der Waals surface area contributed by atoms with E-state index in [0.717, 1.165) is 23.3 Å². The molecule has 29 heavy (non-hydrogen) atoms. The summed E-state index contributed by atoms with van der Waals surface area (Å²) >= 11 is 0. The number of hydrogen-bond acceptors (Lipinski definition) is 5. The number of ether oxygens (including phenoxy) is 2. The molecule has 0 unspecified atom stereocenters. The molecule has 7 nitrogen and oxygen atoms in total. The number of nitrogens with one attached hydrogen (secondary N) is 2. The summed E-state index contributed by atoms with van der Waals surface area (Å²) in [4.78, 5) is 12.3. The Morgan fingerprint density at radius 1 is 1.14 bits per heavy atom. The lowest BCUT2D eigenvalue weighted by Gasteiger charge is -2.05. The largest absolute Gasteiger partial charge is 0.494 e. The van der Waals surface area contributed by atoms with E-state index in [-0.39, 0.29) is 5.91 Å². The number of benzene rings is 2. The molecule has 0 aliphatic heterocycles. The van der Waals surface area contributed by atoms with Gasteiger partial charge in [-0.25, -0.2) is 5.43 Å². The van der Waals surface area contributed by atoms with E-state index >= 15 is 0 Å². The average molecular weight is 392 g/mol. The second kappa shape index (κ2) is 10.1. The molecule has 0 saturated carbocycles. The number of para-hydroxylation sites is 1. The zero-order valence-electron chi connectivity index (χ0n) is 16.5. The summed E-state index contributed by atoms with van der Waals surface area (Å²) in [5, 5.41) is 11.0. The highest BCUT2D eigenvalue weighted by molar-refractivity contribution is 5.94. The van der Waals surface area contributed by atoms with Crippen molar-refractivity contribution < 1.29 is 14.3 Å². The van der Waals surface area contributed by atoms with Gasteiger partial charge in [0.1, 0.15) is 17.2 Å². The summed E-state index contributed by atoms with van der Waals surface area (Å²) in [6.07, 6.45) is 2.51. The van der Waals surface area contributed by atoms with Crippen molar-refractivity contribution in [3.8, 4) is 22.8 Å². The third kappa shape index (κ3) is 5.44. The number of hydrogen-bond donors (Lipinski definition) is 2. The van der Waals surface area contributed by atoms with Crippen LogP contribution in [0.3, 0.4) is 0 Å². The molecule has 3 aromatic rings. The quantitative estimate of drug-likeness (QED) is 0.425. The molecule has 2 aromatic carbocycles. The lowest BCUT2D eigenvalue weighted by Crippen LogP contribution is -2.18. The van der Waals surface area contributed by atoms with Crippen LogP contribution in [0.25, 0.3) is 11.3 Å². The number of aromatic amines is 1. The number of H-pyrrole nitrogens is 1. The summed E-state index contributed by atoms with van der Waals surface area (Å²) in [5.41, 5.74) is 5.16. The van der Waals surface area contributed by atoms with E-state index in [9.17, 15) is 4.79 Å². The van der Waals surface area contributed by atoms with Gasteiger partial charge in [-0.2, -0.15) is 10.2 Å². The number of hydrazone groups is 1. The Balaban J connectivity index is 1.62. The van der Waals surface area contributed by atoms with E-state index in [1.165, 1.54) is 0 Å². The van der Waals surface area contributed by atoms with Crippen LogP contribution < -0.4 is 14.9 Å². The molecule has 0 fully saturated rings. The molecule has 1 heterocycles. The van der Waals surface area contributed by atoms with Gasteiger partial charge in [-0.15, -0.1) is 0 Å². The molecule has 2 N–H and O–H groups in total. The van der Waals surface area contributed by atoms with Crippen molar-refractivity contribution in [3.05, 3.63) is 65.9 Å². The molecule has 1 aromatic heterocycles. The molecule has 0 atom stereocenters. The highest BCUT2D eigenvalue weighted by atomic mass is 16.5. The van der Waals surface area contributed by atoms with E-state index in [4.69, 9.17) is 9.47 Å². The van der Waals surface area contributed by atoms with Crippen LogP contribution >= 0.6 is 0 Å². The SMILES string of the molecule is CCCOc1ccc(-c2cc(C(=O)N/N=C\c3ccccc3OCC)[nH]n2)cc1. The van der Waals surface area contributed by atoms with Crippen LogP contribution in [0.2, 0.25) is 0 Å². The first kappa shape index (κ1) is 20.1. The maximum absolute atomic E-state index is 12.3. The van der Waals surface area contributed by atoms with E-state index in [2.05, 4.69) is 27.6 Å². The number of nitrogens with zero attached hydrogens (tertiary/aromatic N) is 2. The van der Waals surface area contributed by atoms with Crippen molar-refractivity contribution in [3.63, 3.8) is 0 Å². The van der Waals surface area contributed by atoms with Gasteiger partial charge >= 0.3 is 0 Å². The zero-order valence-corrected chi connectivity index (χ0v) is 16.5. The fraction of sp³-hybridized carbons (Fsp3) is 0.227. The van der Waals surface area contributed by atoms with Crippen molar-refractivity contribution in [2.75, 3.05) is 13.2 Å². The maximum atomic E-state index is 12.3. The minimum atomic E-state index is -0.378. The predicted octanol–water partition coefficient (Wildman–Crippen LogP) is 4.03. The van der Waals surface area contributed by atoms with Crippen LogP contribution in [0.5, 0.6) is 11.5 Å². The highest BCUT2D eigenvalue weighted by Crippen LogP contribution is 2.21. The molecule has 0 saturated heterocycles. The first-order valence-corrected chi connectivity index (χ1v) is 9.55. The van der Waals surface area contributed by atoms with Gasteiger partial charge in [-0.05, 0) is 55.8 Å². The Morgan fingerprint density at radius 2 is 1.93 bits per heavy atom. The monoisotopic (exact) mass is 392 g/mol. The molecule has 0 aliphatic carbocycles. The number of rotatable bonds is 9. The van der Waals surface area contributed by atoms with Gasteiger partial charge in [0.25, 0.3) is 5.91 Å². The third-order valence-electron chi connectivity index (χ3n) is 4.03. The van der Waals surface area contributed by atoms with Crippen LogP contribution in [0.4, 0.5) is 0 Å². The molecule has 7 heteroatoms. The van der Waals surface area contributed by atoms with Gasteiger partial charge in [-0.3, -0.25) is 9.89 Å². The van der Waals surface area contributed by atoms with Crippen LogP contribution in [-0.2, 0) is 0 Å². The second-order valence-corrected chi connectivity index (χ2v) is 6.21. The topological polar surface area (TPSA) is 88.6 Å².